The summed E-state index contributed by atoms with van der Waals surface area (Å²) in [6.07, 6.45) is 1.05. The van der Waals surface area contributed by atoms with Gasteiger partial charge in [-0.15, -0.1) is 0 Å². The smallest absolute Gasteiger partial charge is 0.180 e. The number of nitrogens with two attached hydrogens (primary N) is 1. The van der Waals surface area contributed by atoms with Gasteiger partial charge in [0.2, 0.25) is 0 Å². The van der Waals surface area contributed by atoms with Gasteiger partial charge in [-0.05, 0) is 50.0 Å². The van der Waals surface area contributed by atoms with E-state index in [0.29, 0.717) is 35.9 Å². The summed E-state index contributed by atoms with van der Waals surface area (Å²) in [6, 6.07) is 2.35. The topological polar surface area (TPSA) is 47.7 Å². The number of likely N-dealkylation sites (tertiary alicyclic amines) is 1. The number of benzene rings is 1. The first-order chi connectivity index (χ1) is 9.61. The first-order valence-electron chi connectivity index (χ1n) is 7.10. The Morgan fingerprint density at radius 2 is 2.15 bits per heavy atom. The highest BCUT2D eigenvalue weighted by Gasteiger charge is 2.34. The molecule has 1 aromatic carbocycles. The minimum Gasteiger partial charge on any atom is -0.486 e. The van der Waals surface area contributed by atoms with Crippen LogP contribution in [0.3, 0.4) is 0 Å². The van der Waals surface area contributed by atoms with Gasteiger partial charge in [0, 0.05) is 12.6 Å². The van der Waals surface area contributed by atoms with E-state index < -0.39 is 0 Å². The molecule has 3 rings (SSSR count). The third kappa shape index (κ3) is 2.26. The Kier molecular flexibility index (Phi) is 3.80. The number of hydrogen-bond donors (Lipinski definition) is 1. The molecule has 0 radical (unpaired) electrons. The van der Waals surface area contributed by atoms with Crippen molar-refractivity contribution >= 4 is 11.6 Å². The Bertz CT molecular complexity index is 521. The summed E-state index contributed by atoms with van der Waals surface area (Å²) in [5, 5.41) is 0.703. The zero-order valence-corrected chi connectivity index (χ0v) is 12.7. The molecule has 0 spiro atoms. The van der Waals surface area contributed by atoms with E-state index in [1.54, 1.807) is 0 Å². The van der Waals surface area contributed by atoms with Crippen molar-refractivity contribution in [2.45, 2.75) is 19.4 Å². The number of nitrogens with zero attached hydrogens (tertiary/aromatic N) is 1. The van der Waals surface area contributed by atoms with E-state index in [2.05, 4.69) is 18.9 Å². The predicted octanol–water partition coefficient (Wildman–Crippen LogP) is 2.37. The molecule has 20 heavy (non-hydrogen) atoms. The van der Waals surface area contributed by atoms with Crippen LogP contribution in [0.5, 0.6) is 11.5 Å². The predicted molar refractivity (Wildman–Crippen MR) is 79.7 cm³/mol. The fourth-order valence-electron chi connectivity index (χ4n) is 3.30. The molecule has 0 aromatic heterocycles. The summed E-state index contributed by atoms with van der Waals surface area (Å²) in [7, 11) is 2.13. The Hall–Kier alpha value is -0.970. The lowest BCUT2D eigenvalue weighted by atomic mass is 9.95. The highest BCUT2D eigenvalue weighted by Crippen LogP contribution is 2.47. The van der Waals surface area contributed by atoms with Crippen LogP contribution >= 0.6 is 11.6 Å². The van der Waals surface area contributed by atoms with Crippen molar-refractivity contribution in [3.8, 4) is 11.5 Å². The molecule has 110 valence electrons. The summed E-state index contributed by atoms with van der Waals surface area (Å²) < 4.78 is 11.3. The maximum Gasteiger partial charge on any atom is 0.180 e. The van der Waals surface area contributed by atoms with Crippen molar-refractivity contribution < 1.29 is 9.47 Å². The number of rotatable bonds is 2. The lowest BCUT2D eigenvalue weighted by molar-refractivity contribution is 0.171. The molecule has 0 saturated carbocycles. The van der Waals surface area contributed by atoms with Crippen LogP contribution in [-0.2, 0) is 0 Å². The fraction of sp³-hybridized carbons (Fsp3) is 0.600. The van der Waals surface area contributed by atoms with Crippen molar-refractivity contribution in [1.82, 2.24) is 4.90 Å². The average Bonchev–Trinajstić information content (AvgIpc) is 2.80. The second-order valence-electron chi connectivity index (χ2n) is 5.74. The molecule has 1 aromatic rings. The molecule has 2 atom stereocenters. The van der Waals surface area contributed by atoms with E-state index in [-0.39, 0.29) is 0 Å². The standard InChI is InChI=1S/C15H21ClN2O2/c1-9-5-12-15(20-4-3-19-12)14(16)13(9)11-6-10(7-17)8-18(11)2/h5,10-11H,3-4,6-8,17H2,1-2H3. The maximum atomic E-state index is 6.61. The zero-order valence-electron chi connectivity index (χ0n) is 12.0. The first kappa shape index (κ1) is 14.0. The summed E-state index contributed by atoms with van der Waals surface area (Å²) >= 11 is 6.61. The molecule has 2 unspecified atom stereocenters. The molecule has 0 bridgehead atoms. The van der Waals surface area contributed by atoms with E-state index in [1.165, 1.54) is 0 Å². The van der Waals surface area contributed by atoms with Gasteiger partial charge in [0.1, 0.15) is 13.2 Å². The molecular weight excluding hydrogens is 276 g/mol. The summed E-state index contributed by atoms with van der Waals surface area (Å²) in [4.78, 5) is 2.34. The van der Waals surface area contributed by atoms with Crippen LogP contribution in [0.25, 0.3) is 0 Å². The molecule has 0 amide bonds. The second kappa shape index (κ2) is 5.43. The second-order valence-corrected chi connectivity index (χ2v) is 6.12. The molecule has 2 N–H and O–H groups in total. The monoisotopic (exact) mass is 296 g/mol. The van der Waals surface area contributed by atoms with Gasteiger partial charge in [-0.3, -0.25) is 4.90 Å². The van der Waals surface area contributed by atoms with E-state index in [9.17, 15) is 0 Å². The van der Waals surface area contributed by atoms with Gasteiger partial charge in [0.05, 0.1) is 5.02 Å². The molecule has 4 nitrogen and oxygen atoms in total. The van der Waals surface area contributed by atoms with Crippen molar-refractivity contribution in [2.24, 2.45) is 11.7 Å². The van der Waals surface area contributed by atoms with E-state index in [0.717, 1.165) is 36.4 Å². The first-order valence-corrected chi connectivity index (χ1v) is 7.48. The Morgan fingerprint density at radius 3 is 2.85 bits per heavy atom. The van der Waals surface area contributed by atoms with Gasteiger partial charge in [0.15, 0.2) is 11.5 Å². The van der Waals surface area contributed by atoms with E-state index in [4.69, 9.17) is 26.8 Å². The fourth-order valence-corrected chi connectivity index (χ4v) is 3.73. The quantitative estimate of drug-likeness (QED) is 0.910. The Labute approximate surface area is 124 Å². The third-order valence-electron chi connectivity index (χ3n) is 4.32. The summed E-state index contributed by atoms with van der Waals surface area (Å²) in [5.74, 6) is 2.00. The van der Waals surface area contributed by atoms with Crippen molar-refractivity contribution in [2.75, 3.05) is 33.4 Å². The molecular formula is C15H21ClN2O2. The normalized spacial score (nSPS) is 26.0. The Morgan fingerprint density at radius 1 is 1.40 bits per heavy atom. The van der Waals surface area contributed by atoms with Gasteiger partial charge in [-0.2, -0.15) is 0 Å². The summed E-state index contributed by atoms with van der Waals surface area (Å²) in [5.41, 5.74) is 8.14. The molecule has 2 aliphatic heterocycles. The number of ether oxygens (including phenoxy) is 2. The van der Waals surface area contributed by atoms with Gasteiger partial charge in [-0.25, -0.2) is 0 Å². The lowest BCUT2D eigenvalue weighted by Crippen LogP contribution is -2.22. The minimum absolute atomic E-state index is 0.312. The number of fused-ring (bicyclic) bond motifs is 1. The van der Waals surface area contributed by atoms with Crippen molar-refractivity contribution in [3.63, 3.8) is 0 Å². The van der Waals surface area contributed by atoms with Crippen LogP contribution in [0.2, 0.25) is 5.02 Å². The van der Waals surface area contributed by atoms with Crippen molar-refractivity contribution in [3.05, 3.63) is 22.2 Å². The maximum absolute atomic E-state index is 6.61. The molecule has 5 heteroatoms. The van der Waals surface area contributed by atoms with Crippen LogP contribution in [0.4, 0.5) is 0 Å². The van der Waals surface area contributed by atoms with Crippen LogP contribution in [0, 0.1) is 12.8 Å². The molecule has 2 aliphatic rings. The van der Waals surface area contributed by atoms with Gasteiger partial charge >= 0.3 is 0 Å². The van der Waals surface area contributed by atoms with E-state index >= 15 is 0 Å². The zero-order chi connectivity index (χ0) is 14.3. The highest BCUT2D eigenvalue weighted by atomic mass is 35.5. The van der Waals surface area contributed by atoms with Crippen molar-refractivity contribution in [1.29, 1.82) is 0 Å². The van der Waals surface area contributed by atoms with Crippen LogP contribution in [-0.4, -0.2) is 38.3 Å². The van der Waals surface area contributed by atoms with Crippen LogP contribution < -0.4 is 15.2 Å². The number of hydrogen-bond acceptors (Lipinski definition) is 4. The molecule has 0 aliphatic carbocycles. The third-order valence-corrected chi connectivity index (χ3v) is 4.70. The van der Waals surface area contributed by atoms with Crippen LogP contribution in [0.1, 0.15) is 23.6 Å². The van der Waals surface area contributed by atoms with Crippen LogP contribution in [0.15, 0.2) is 6.07 Å². The Balaban J connectivity index is 2.01. The SMILES string of the molecule is Cc1cc2c(c(Cl)c1C1CC(CN)CN1C)OCCO2. The molecule has 2 heterocycles. The van der Waals surface area contributed by atoms with E-state index in [1.807, 2.05) is 6.07 Å². The van der Waals surface area contributed by atoms with Gasteiger partial charge in [-0.1, -0.05) is 11.6 Å². The van der Waals surface area contributed by atoms with Gasteiger partial charge in [0.25, 0.3) is 0 Å². The largest absolute Gasteiger partial charge is 0.486 e. The lowest BCUT2D eigenvalue weighted by Gasteiger charge is -2.27. The molecule has 1 fully saturated rings. The minimum atomic E-state index is 0.312. The van der Waals surface area contributed by atoms with Gasteiger partial charge < -0.3 is 15.2 Å². The number of halogens is 1. The number of aryl methyl sites for hydroxylation is 1. The molecule has 1 saturated heterocycles. The highest BCUT2D eigenvalue weighted by molar-refractivity contribution is 6.33. The average molecular weight is 297 g/mol. The summed E-state index contributed by atoms with van der Waals surface area (Å²) in [6.45, 7) is 4.97.